The summed E-state index contributed by atoms with van der Waals surface area (Å²) in [6.45, 7) is 2.14. The quantitative estimate of drug-likeness (QED) is 0.352. The summed E-state index contributed by atoms with van der Waals surface area (Å²) >= 11 is 0. The number of hydrogen-bond acceptors (Lipinski definition) is 1. The van der Waals surface area contributed by atoms with E-state index in [-0.39, 0.29) is 0 Å². The van der Waals surface area contributed by atoms with Crippen molar-refractivity contribution >= 4 is 21.7 Å². The molecule has 0 spiro atoms. The van der Waals surface area contributed by atoms with E-state index in [0.29, 0.717) is 0 Å². The van der Waals surface area contributed by atoms with Gasteiger partial charge in [-0.25, -0.2) is 0 Å². The predicted octanol–water partition coefficient (Wildman–Crippen LogP) is 5.27. The Labute approximate surface area is 129 Å². The molecule has 0 aliphatic heterocycles. The summed E-state index contributed by atoms with van der Waals surface area (Å²) in [5.41, 5.74) is 7.85. The highest BCUT2D eigenvalue weighted by Crippen LogP contribution is 2.42. The van der Waals surface area contributed by atoms with Gasteiger partial charge in [-0.05, 0) is 52.1 Å². The number of hydrogen-bond donors (Lipinski definition) is 0. The molecule has 0 radical (unpaired) electrons. The SMILES string of the molecule is Cc1nc2cc3ccccc3cc2c2c1Cc1ccccc1-2. The lowest BCUT2D eigenvalue weighted by atomic mass is 9.97. The lowest BCUT2D eigenvalue weighted by Gasteiger charge is -2.10. The summed E-state index contributed by atoms with van der Waals surface area (Å²) in [4.78, 5) is 4.88. The smallest absolute Gasteiger partial charge is 0.0718 e. The highest BCUT2D eigenvalue weighted by molar-refractivity contribution is 6.06. The van der Waals surface area contributed by atoms with E-state index in [4.69, 9.17) is 4.98 Å². The van der Waals surface area contributed by atoms with Crippen LogP contribution in [-0.2, 0) is 6.42 Å². The van der Waals surface area contributed by atoms with E-state index in [0.717, 1.165) is 17.6 Å². The number of benzene rings is 3. The molecule has 1 aromatic heterocycles. The van der Waals surface area contributed by atoms with Crippen molar-refractivity contribution in [1.29, 1.82) is 0 Å². The zero-order valence-corrected chi connectivity index (χ0v) is 12.4. The Morgan fingerprint density at radius 2 is 1.59 bits per heavy atom. The van der Waals surface area contributed by atoms with Crippen LogP contribution in [0.5, 0.6) is 0 Å². The van der Waals surface area contributed by atoms with E-state index < -0.39 is 0 Å². The van der Waals surface area contributed by atoms with Gasteiger partial charge in [0.1, 0.15) is 0 Å². The van der Waals surface area contributed by atoms with Crippen LogP contribution in [0.3, 0.4) is 0 Å². The molecule has 0 bridgehead atoms. The maximum Gasteiger partial charge on any atom is 0.0718 e. The zero-order chi connectivity index (χ0) is 14.7. The normalized spacial score (nSPS) is 12.6. The molecular formula is C21H15N. The summed E-state index contributed by atoms with van der Waals surface area (Å²) < 4.78 is 0. The Bertz CT molecular complexity index is 1060. The van der Waals surface area contributed by atoms with Crippen LogP contribution >= 0.6 is 0 Å². The molecule has 0 atom stereocenters. The molecular weight excluding hydrogens is 266 g/mol. The third-order valence-corrected chi connectivity index (χ3v) is 4.81. The molecule has 3 aromatic carbocycles. The monoisotopic (exact) mass is 281 g/mol. The van der Waals surface area contributed by atoms with Crippen LogP contribution in [-0.4, -0.2) is 4.98 Å². The molecule has 4 aromatic rings. The fourth-order valence-electron chi connectivity index (χ4n) is 3.75. The van der Waals surface area contributed by atoms with Gasteiger partial charge < -0.3 is 0 Å². The molecule has 1 heteroatoms. The van der Waals surface area contributed by atoms with Gasteiger partial charge in [0.15, 0.2) is 0 Å². The minimum absolute atomic E-state index is 1.01. The standard InChI is InChI=1S/C21H15N/c1-13-18-11-16-8-4-5-9-17(16)21(18)19-10-14-6-2-3-7-15(14)12-20(19)22-13/h2-10,12H,11H2,1H3. The Morgan fingerprint density at radius 3 is 2.45 bits per heavy atom. The average molecular weight is 281 g/mol. The van der Waals surface area contributed by atoms with Gasteiger partial charge in [-0.3, -0.25) is 4.98 Å². The lowest BCUT2D eigenvalue weighted by molar-refractivity contribution is 1.14. The molecule has 0 unspecified atom stereocenters. The van der Waals surface area contributed by atoms with E-state index in [1.807, 2.05) is 0 Å². The molecule has 0 amide bonds. The summed E-state index contributed by atoms with van der Waals surface area (Å²) in [7, 11) is 0. The van der Waals surface area contributed by atoms with Crippen LogP contribution in [0.1, 0.15) is 16.8 Å². The molecule has 0 saturated heterocycles. The second kappa shape index (κ2) is 4.17. The first-order valence-electron chi connectivity index (χ1n) is 7.71. The molecule has 104 valence electrons. The van der Waals surface area contributed by atoms with Gasteiger partial charge >= 0.3 is 0 Å². The number of pyridine rings is 1. The van der Waals surface area contributed by atoms with E-state index >= 15 is 0 Å². The third kappa shape index (κ3) is 1.51. The average Bonchev–Trinajstić information content (AvgIpc) is 2.94. The number of rotatable bonds is 0. The van der Waals surface area contributed by atoms with Gasteiger partial charge in [0, 0.05) is 17.5 Å². The molecule has 0 saturated carbocycles. The van der Waals surface area contributed by atoms with Gasteiger partial charge in [-0.2, -0.15) is 0 Å². The Hall–Kier alpha value is -2.67. The van der Waals surface area contributed by atoms with Gasteiger partial charge in [0.25, 0.3) is 0 Å². The van der Waals surface area contributed by atoms with Gasteiger partial charge in [-0.15, -0.1) is 0 Å². The predicted molar refractivity (Wildman–Crippen MR) is 92.2 cm³/mol. The molecule has 22 heavy (non-hydrogen) atoms. The maximum absolute atomic E-state index is 4.88. The van der Waals surface area contributed by atoms with Crippen molar-refractivity contribution in [2.75, 3.05) is 0 Å². The van der Waals surface area contributed by atoms with Crippen molar-refractivity contribution in [2.24, 2.45) is 0 Å². The van der Waals surface area contributed by atoms with Crippen molar-refractivity contribution in [3.8, 4) is 11.1 Å². The summed E-state index contributed by atoms with van der Waals surface area (Å²) in [6.07, 6.45) is 1.01. The van der Waals surface area contributed by atoms with Crippen molar-refractivity contribution in [3.05, 3.63) is 77.5 Å². The molecule has 0 fully saturated rings. The third-order valence-electron chi connectivity index (χ3n) is 4.81. The highest BCUT2D eigenvalue weighted by Gasteiger charge is 2.23. The van der Waals surface area contributed by atoms with Gasteiger partial charge in [-0.1, -0.05) is 48.5 Å². The van der Waals surface area contributed by atoms with Crippen molar-refractivity contribution in [1.82, 2.24) is 4.98 Å². The molecule has 1 heterocycles. The van der Waals surface area contributed by atoms with Crippen LogP contribution in [0.4, 0.5) is 0 Å². The maximum atomic E-state index is 4.88. The summed E-state index contributed by atoms with van der Waals surface area (Å²) in [5, 5.41) is 3.82. The molecule has 0 N–H and O–H groups in total. The fourth-order valence-corrected chi connectivity index (χ4v) is 3.75. The van der Waals surface area contributed by atoms with Crippen LogP contribution in [0.2, 0.25) is 0 Å². The molecule has 1 nitrogen and oxygen atoms in total. The second-order valence-electron chi connectivity index (χ2n) is 6.10. The number of nitrogens with zero attached hydrogens (tertiary/aromatic N) is 1. The largest absolute Gasteiger partial charge is 0.253 e. The zero-order valence-electron chi connectivity index (χ0n) is 12.4. The minimum atomic E-state index is 1.01. The Balaban J connectivity index is 1.98. The first-order chi connectivity index (χ1) is 10.8. The lowest BCUT2D eigenvalue weighted by Crippen LogP contribution is -1.93. The van der Waals surface area contributed by atoms with Gasteiger partial charge in [0.05, 0.1) is 5.52 Å². The Kier molecular flexibility index (Phi) is 2.26. The van der Waals surface area contributed by atoms with Crippen molar-refractivity contribution < 1.29 is 0 Å². The van der Waals surface area contributed by atoms with E-state index in [2.05, 4.69) is 67.6 Å². The number of fused-ring (bicyclic) bond motifs is 6. The van der Waals surface area contributed by atoms with Crippen LogP contribution in [0.25, 0.3) is 32.8 Å². The van der Waals surface area contributed by atoms with Crippen LogP contribution in [0.15, 0.2) is 60.7 Å². The molecule has 1 aliphatic rings. The fraction of sp³-hybridized carbons (Fsp3) is 0.0952. The Morgan fingerprint density at radius 1 is 0.864 bits per heavy atom. The van der Waals surface area contributed by atoms with Crippen LogP contribution in [0, 0.1) is 6.92 Å². The number of aromatic nitrogens is 1. The topological polar surface area (TPSA) is 12.9 Å². The van der Waals surface area contributed by atoms with Crippen molar-refractivity contribution in [3.63, 3.8) is 0 Å². The summed E-state index contributed by atoms with van der Waals surface area (Å²) in [6, 6.07) is 21.8. The van der Waals surface area contributed by atoms with Crippen molar-refractivity contribution in [2.45, 2.75) is 13.3 Å². The first kappa shape index (κ1) is 11.9. The van der Waals surface area contributed by atoms with Crippen LogP contribution < -0.4 is 0 Å². The first-order valence-corrected chi connectivity index (χ1v) is 7.71. The minimum Gasteiger partial charge on any atom is -0.253 e. The summed E-state index contributed by atoms with van der Waals surface area (Å²) in [5.74, 6) is 0. The molecule has 5 rings (SSSR count). The van der Waals surface area contributed by atoms with E-state index in [9.17, 15) is 0 Å². The van der Waals surface area contributed by atoms with E-state index in [1.165, 1.54) is 38.4 Å². The molecule has 1 aliphatic carbocycles. The number of aryl methyl sites for hydroxylation is 1. The highest BCUT2D eigenvalue weighted by atomic mass is 14.7. The van der Waals surface area contributed by atoms with Gasteiger partial charge in [0.2, 0.25) is 0 Å². The second-order valence-corrected chi connectivity index (χ2v) is 6.10. The van der Waals surface area contributed by atoms with E-state index in [1.54, 1.807) is 0 Å².